The Balaban J connectivity index is 2.17. The Labute approximate surface area is 103 Å². The summed E-state index contributed by atoms with van der Waals surface area (Å²) in [5, 5.41) is 0. The number of hydrogen-bond acceptors (Lipinski definition) is 3. The van der Waals surface area contributed by atoms with Crippen LogP contribution in [0.15, 0.2) is 24.3 Å². The zero-order valence-corrected chi connectivity index (χ0v) is 10.9. The van der Waals surface area contributed by atoms with Crippen molar-refractivity contribution in [1.82, 2.24) is 0 Å². The van der Waals surface area contributed by atoms with E-state index in [1.807, 2.05) is 12.1 Å². The normalized spacial score (nSPS) is 24.7. The Hall–Kier alpha value is -0.870. The Kier molecular flexibility index (Phi) is 3.54. The molecule has 0 aliphatic carbocycles. The quantitative estimate of drug-likeness (QED) is 0.891. The SMILES string of the molecule is CC(c1cccc(CN)c1)C1CCS(=O)(=O)C1. The van der Waals surface area contributed by atoms with E-state index in [-0.39, 0.29) is 5.92 Å². The number of benzene rings is 1. The summed E-state index contributed by atoms with van der Waals surface area (Å²) in [6.45, 7) is 2.64. The number of rotatable bonds is 3. The fourth-order valence-electron chi connectivity index (χ4n) is 2.49. The number of hydrogen-bond donors (Lipinski definition) is 1. The maximum absolute atomic E-state index is 11.5. The van der Waals surface area contributed by atoms with Crippen molar-refractivity contribution in [2.24, 2.45) is 11.7 Å². The summed E-state index contributed by atoms with van der Waals surface area (Å²) in [7, 11) is -2.79. The molecule has 17 heavy (non-hydrogen) atoms. The first kappa shape index (κ1) is 12.6. The van der Waals surface area contributed by atoms with Crippen LogP contribution in [0.5, 0.6) is 0 Å². The lowest BCUT2D eigenvalue weighted by Crippen LogP contribution is -2.12. The molecule has 2 N–H and O–H groups in total. The average Bonchev–Trinajstić information content (AvgIpc) is 2.69. The molecule has 0 spiro atoms. The third-order valence-electron chi connectivity index (χ3n) is 3.69. The summed E-state index contributed by atoms with van der Waals surface area (Å²) >= 11 is 0. The Morgan fingerprint density at radius 2 is 2.24 bits per heavy atom. The van der Waals surface area contributed by atoms with Crippen molar-refractivity contribution in [2.45, 2.75) is 25.8 Å². The summed E-state index contributed by atoms with van der Waals surface area (Å²) in [5.41, 5.74) is 7.93. The largest absolute Gasteiger partial charge is 0.326 e. The van der Waals surface area contributed by atoms with Gasteiger partial charge in [-0.3, -0.25) is 0 Å². The van der Waals surface area contributed by atoms with Crippen LogP contribution < -0.4 is 5.73 Å². The van der Waals surface area contributed by atoms with Gasteiger partial charge in [0.15, 0.2) is 9.84 Å². The van der Waals surface area contributed by atoms with Gasteiger partial charge in [0.05, 0.1) is 11.5 Å². The second kappa shape index (κ2) is 4.78. The fourth-order valence-corrected chi connectivity index (χ4v) is 4.43. The van der Waals surface area contributed by atoms with E-state index in [2.05, 4.69) is 19.1 Å². The molecule has 3 nitrogen and oxygen atoms in total. The molecule has 1 aromatic rings. The molecule has 4 heteroatoms. The average molecular weight is 253 g/mol. The Morgan fingerprint density at radius 3 is 2.82 bits per heavy atom. The molecule has 1 heterocycles. The van der Waals surface area contributed by atoms with Crippen LogP contribution in [0.25, 0.3) is 0 Å². The molecule has 2 rings (SSSR count). The molecule has 1 aromatic carbocycles. The van der Waals surface area contributed by atoms with Gasteiger partial charge >= 0.3 is 0 Å². The van der Waals surface area contributed by atoms with Crippen molar-refractivity contribution in [3.63, 3.8) is 0 Å². The summed E-state index contributed by atoms with van der Waals surface area (Å²) < 4.78 is 23.0. The molecular formula is C13H19NO2S. The molecule has 2 unspecified atom stereocenters. The van der Waals surface area contributed by atoms with E-state index in [1.165, 1.54) is 5.56 Å². The van der Waals surface area contributed by atoms with Crippen LogP contribution in [-0.2, 0) is 16.4 Å². The molecule has 2 atom stereocenters. The van der Waals surface area contributed by atoms with Gasteiger partial charge in [-0.1, -0.05) is 31.2 Å². The first-order valence-corrected chi connectivity index (χ1v) is 7.83. The van der Waals surface area contributed by atoms with Crippen LogP contribution in [0.1, 0.15) is 30.4 Å². The second-order valence-electron chi connectivity index (χ2n) is 4.90. The van der Waals surface area contributed by atoms with Crippen molar-refractivity contribution >= 4 is 9.84 Å². The minimum Gasteiger partial charge on any atom is -0.326 e. The molecule has 0 radical (unpaired) electrons. The zero-order chi connectivity index (χ0) is 12.5. The lowest BCUT2D eigenvalue weighted by atomic mass is 9.86. The van der Waals surface area contributed by atoms with E-state index >= 15 is 0 Å². The van der Waals surface area contributed by atoms with Gasteiger partial charge in [0.1, 0.15) is 0 Å². The highest BCUT2D eigenvalue weighted by molar-refractivity contribution is 7.91. The Bertz CT molecular complexity index is 496. The van der Waals surface area contributed by atoms with Crippen molar-refractivity contribution in [2.75, 3.05) is 11.5 Å². The van der Waals surface area contributed by atoms with E-state index in [4.69, 9.17) is 5.73 Å². The van der Waals surface area contributed by atoms with Gasteiger partial charge in [-0.05, 0) is 29.4 Å². The third-order valence-corrected chi connectivity index (χ3v) is 5.48. The summed E-state index contributed by atoms with van der Waals surface area (Å²) in [4.78, 5) is 0. The molecule has 0 saturated carbocycles. The molecule has 1 aliphatic rings. The summed E-state index contributed by atoms with van der Waals surface area (Å²) in [5.74, 6) is 1.23. The highest BCUT2D eigenvalue weighted by Crippen LogP contribution is 2.33. The third kappa shape index (κ3) is 2.87. The van der Waals surface area contributed by atoms with E-state index in [0.717, 1.165) is 12.0 Å². The molecular weight excluding hydrogens is 234 g/mol. The van der Waals surface area contributed by atoms with Crippen molar-refractivity contribution < 1.29 is 8.42 Å². The van der Waals surface area contributed by atoms with Crippen LogP contribution in [0, 0.1) is 5.92 Å². The van der Waals surface area contributed by atoms with Crippen LogP contribution in [-0.4, -0.2) is 19.9 Å². The molecule has 0 aromatic heterocycles. The van der Waals surface area contributed by atoms with Gasteiger partial charge in [-0.2, -0.15) is 0 Å². The Morgan fingerprint density at radius 1 is 1.47 bits per heavy atom. The zero-order valence-electron chi connectivity index (χ0n) is 10.1. The van der Waals surface area contributed by atoms with Crippen LogP contribution in [0.2, 0.25) is 0 Å². The van der Waals surface area contributed by atoms with E-state index in [1.54, 1.807) is 0 Å². The lowest BCUT2D eigenvalue weighted by molar-refractivity contribution is 0.497. The standard InChI is InChI=1S/C13H19NO2S/c1-10(13-5-6-17(15,16)9-13)12-4-2-3-11(7-12)8-14/h2-4,7,10,13H,5-6,8-9,14H2,1H3. The van der Waals surface area contributed by atoms with Gasteiger partial charge in [-0.25, -0.2) is 8.42 Å². The maximum Gasteiger partial charge on any atom is 0.150 e. The monoisotopic (exact) mass is 253 g/mol. The minimum absolute atomic E-state index is 0.257. The maximum atomic E-state index is 11.5. The predicted molar refractivity (Wildman–Crippen MR) is 69.5 cm³/mol. The fraction of sp³-hybridized carbons (Fsp3) is 0.538. The smallest absolute Gasteiger partial charge is 0.150 e. The molecule has 0 amide bonds. The van der Waals surface area contributed by atoms with Crippen LogP contribution >= 0.6 is 0 Å². The molecule has 0 bridgehead atoms. The van der Waals surface area contributed by atoms with Crippen LogP contribution in [0.3, 0.4) is 0 Å². The van der Waals surface area contributed by atoms with Gasteiger partial charge in [0, 0.05) is 6.54 Å². The van der Waals surface area contributed by atoms with Gasteiger partial charge in [-0.15, -0.1) is 0 Å². The van der Waals surface area contributed by atoms with Gasteiger partial charge in [0.2, 0.25) is 0 Å². The minimum atomic E-state index is -2.79. The van der Waals surface area contributed by atoms with Crippen molar-refractivity contribution in [3.05, 3.63) is 35.4 Å². The van der Waals surface area contributed by atoms with Crippen LogP contribution in [0.4, 0.5) is 0 Å². The first-order chi connectivity index (χ1) is 8.02. The lowest BCUT2D eigenvalue weighted by Gasteiger charge is -2.18. The van der Waals surface area contributed by atoms with E-state index in [9.17, 15) is 8.42 Å². The first-order valence-electron chi connectivity index (χ1n) is 6.01. The summed E-state index contributed by atoms with van der Waals surface area (Å²) in [6.07, 6.45) is 0.788. The second-order valence-corrected chi connectivity index (χ2v) is 7.13. The van der Waals surface area contributed by atoms with E-state index < -0.39 is 9.84 Å². The number of nitrogens with two attached hydrogens (primary N) is 1. The molecule has 94 valence electrons. The predicted octanol–water partition coefficient (Wildman–Crippen LogP) is 1.68. The van der Waals surface area contributed by atoms with Crippen molar-refractivity contribution in [3.8, 4) is 0 Å². The molecule has 1 fully saturated rings. The summed E-state index contributed by atoms with van der Waals surface area (Å²) in [6, 6.07) is 8.16. The van der Waals surface area contributed by atoms with Gasteiger partial charge < -0.3 is 5.73 Å². The molecule has 1 aliphatic heterocycles. The van der Waals surface area contributed by atoms with Crippen molar-refractivity contribution in [1.29, 1.82) is 0 Å². The highest BCUT2D eigenvalue weighted by Gasteiger charge is 2.32. The number of sulfone groups is 1. The topological polar surface area (TPSA) is 60.2 Å². The molecule has 1 saturated heterocycles. The van der Waals surface area contributed by atoms with E-state index in [0.29, 0.717) is 24.0 Å². The highest BCUT2D eigenvalue weighted by atomic mass is 32.2. The van der Waals surface area contributed by atoms with Gasteiger partial charge in [0.25, 0.3) is 0 Å².